The first-order chi connectivity index (χ1) is 20.6. The third-order valence-corrected chi connectivity index (χ3v) is 8.33. The topological polar surface area (TPSA) is 126 Å². The third kappa shape index (κ3) is 6.28. The summed E-state index contributed by atoms with van der Waals surface area (Å²) in [6.45, 7) is 3.44. The summed E-state index contributed by atoms with van der Waals surface area (Å²) in [7, 11) is 2.80. The first kappa shape index (κ1) is 30.2. The second-order valence-electron chi connectivity index (χ2n) is 9.96. The monoisotopic (exact) mass is 625 g/mol. The Morgan fingerprint density at radius 1 is 1.07 bits per heavy atom. The second kappa shape index (κ2) is 12.6. The van der Waals surface area contributed by atoms with Crippen LogP contribution in [0, 0.1) is 6.92 Å². The predicted octanol–water partition coefficient (Wildman–Crippen LogP) is 5.58. The van der Waals surface area contributed by atoms with E-state index >= 15 is 0 Å². The van der Waals surface area contributed by atoms with Gasteiger partial charge in [0.2, 0.25) is 17.4 Å². The molecule has 0 radical (unpaired) electrons. The number of esters is 1. The van der Waals surface area contributed by atoms with E-state index in [0.29, 0.717) is 22.8 Å². The van der Waals surface area contributed by atoms with Crippen LogP contribution in [0.2, 0.25) is 5.02 Å². The highest BCUT2D eigenvalue weighted by Gasteiger charge is 2.39. The molecule has 0 saturated carbocycles. The zero-order valence-electron chi connectivity index (χ0n) is 23.7. The zero-order chi connectivity index (χ0) is 30.8. The maximum atomic E-state index is 13.5. The minimum atomic E-state index is -0.681. The van der Waals surface area contributed by atoms with Gasteiger partial charge in [0.15, 0.2) is 17.3 Å². The van der Waals surface area contributed by atoms with Gasteiger partial charge in [0.05, 0.1) is 37.0 Å². The van der Waals surface area contributed by atoms with Gasteiger partial charge in [-0.05, 0) is 56.2 Å². The van der Waals surface area contributed by atoms with Crippen LogP contribution < -0.4 is 29.0 Å². The summed E-state index contributed by atoms with van der Waals surface area (Å²) in [5.41, 5.74) is 1.70. The number of ketones is 1. The van der Waals surface area contributed by atoms with E-state index in [-0.39, 0.29) is 57.5 Å². The number of carbonyl (C=O) groups excluding carboxylic acids is 4. The van der Waals surface area contributed by atoms with Crippen molar-refractivity contribution < 1.29 is 42.9 Å². The number of imide groups is 1. The summed E-state index contributed by atoms with van der Waals surface area (Å²) in [4.78, 5) is 49.8. The fraction of sp³-hybridized carbons (Fsp3) is 0.290. The highest BCUT2D eigenvalue weighted by atomic mass is 35.5. The van der Waals surface area contributed by atoms with Crippen molar-refractivity contribution in [2.24, 2.45) is 0 Å². The summed E-state index contributed by atoms with van der Waals surface area (Å²) < 4.78 is 29.3. The standard InChI is InChI=1S/C31H28ClNO9S/c1-15-24-21(34)14-22(16(2)40-20-10-8-17(9-11-20)12-23-29(35)33-31(37)43-23)41-26(24)28(39-4)27(38-3)25(15)42-30(36)18-6-5-7-19(32)13-18/h5-11,13,16,22-23H,12,14H2,1-4H3,(H,33,35,37). The van der Waals surface area contributed by atoms with Crippen molar-refractivity contribution in [2.75, 3.05) is 14.2 Å². The average Bonchev–Trinajstić information content (AvgIpc) is 3.30. The molecule has 2 amide bonds. The number of fused-ring (bicyclic) bond motifs is 1. The highest BCUT2D eigenvalue weighted by Crippen LogP contribution is 2.52. The van der Waals surface area contributed by atoms with E-state index in [9.17, 15) is 19.2 Å². The molecule has 0 spiro atoms. The van der Waals surface area contributed by atoms with Crippen LogP contribution in [-0.2, 0) is 11.2 Å². The number of hydrogen-bond donors (Lipinski definition) is 1. The van der Waals surface area contributed by atoms with E-state index in [1.165, 1.54) is 20.3 Å². The van der Waals surface area contributed by atoms with Crippen LogP contribution >= 0.6 is 23.4 Å². The van der Waals surface area contributed by atoms with Gasteiger partial charge in [0, 0.05) is 10.6 Å². The lowest BCUT2D eigenvalue weighted by Gasteiger charge is -2.32. The Balaban J connectivity index is 1.35. The van der Waals surface area contributed by atoms with E-state index in [1.807, 2.05) is 12.1 Å². The molecule has 0 aliphatic carbocycles. The van der Waals surface area contributed by atoms with E-state index in [0.717, 1.165) is 17.3 Å². The molecule has 10 nitrogen and oxygen atoms in total. The summed E-state index contributed by atoms with van der Waals surface area (Å²) in [6, 6.07) is 13.5. The number of halogens is 1. The minimum Gasteiger partial charge on any atom is -0.490 e. The van der Waals surface area contributed by atoms with Crippen molar-refractivity contribution in [3.8, 4) is 28.7 Å². The Kier molecular flexibility index (Phi) is 8.84. The van der Waals surface area contributed by atoms with Crippen LogP contribution in [0.5, 0.6) is 28.7 Å². The SMILES string of the molecule is COc1c(OC(=O)c2cccc(Cl)c2)c(C)c2c(c1OC)OC(C(C)Oc1ccc(CC3SC(=O)NC3=O)cc1)CC2=O. The van der Waals surface area contributed by atoms with Gasteiger partial charge in [-0.25, -0.2) is 4.79 Å². The molecule has 1 saturated heterocycles. The predicted molar refractivity (Wildman–Crippen MR) is 159 cm³/mol. The molecule has 224 valence electrons. The minimum absolute atomic E-state index is 0.00625. The average molecular weight is 626 g/mol. The lowest BCUT2D eigenvalue weighted by Crippen LogP contribution is -2.39. The quantitative estimate of drug-likeness (QED) is 0.238. The smallest absolute Gasteiger partial charge is 0.343 e. The third-order valence-electron chi connectivity index (χ3n) is 7.12. The van der Waals surface area contributed by atoms with Crippen LogP contribution in [0.25, 0.3) is 0 Å². The molecule has 1 fully saturated rings. The number of Topliss-reactive ketones (excluding diaryl/α,β-unsaturated/α-hetero) is 1. The molecule has 3 unspecified atom stereocenters. The maximum absolute atomic E-state index is 13.5. The number of hydrogen-bond acceptors (Lipinski definition) is 10. The summed E-state index contributed by atoms with van der Waals surface area (Å²) in [5, 5.41) is 1.86. The number of methoxy groups -OCH3 is 2. The Morgan fingerprint density at radius 2 is 1.79 bits per heavy atom. The molecular formula is C31H28ClNO9S. The van der Waals surface area contributed by atoms with Gasteiger partial charge in [-0.1, -0.05) is 41.6 Å². The van der Waals surface area contributed by atoms with E-state index in [1.54, 1.807) is 44.2 Å². The molecule has 2 heterocycles. The second-order valence-corrected chi connectivity index (χ2v) is 11.6. The molecule has 2 aliphatic heterocycles. The van der Waals surface area contributed by atoms with Crippen molar-refractivity contribution >= 4 is 46.3 Å². The van der Waals surface area contributed by atoms with Crippen LogP contribution in [0.4, 0.5) is 4.79 Å². The van der Waals surface area contributed by atoms with Crippen LogP contribution in [-0.4, -0.2) is 54.6 Å². The fourth-order valence-electron chi connectivity index (χ4n) is 4.96. The van der Waals surface area contributed by atoms with E-state index in [4.69, 9.17) is 35.3 Å². The Labute approximate surface area is 256 Å². The zero-order valence-corrected chi connectivity index (χ0v) is 25.3. The molecule has 5 rings (SSSR count). The number of ether oxygens (including phenoxy) is 5. The maximum Gasteiger partial charge on any atom is 0.343 e. The Morgan fingerprint density at radius 3 is 2.42 bits per heavy atom. The lowest BCUT2D eigenvalue weighted by atomic mass is 9.93. The van der Waals surface area contributed by atoms with Gasteiger partial charge in [0.25, 0.3) is 5.24 Å². The molecule has 3 aromatic carbocycles. The normalized spacial score (nSPS) is 18.3. The van der Waals surface area contributed by atoms with Crippen LogP contribution in [0.1, 0.15) is 45.2 Å². The molecule has 43 heavy (non-hydrogen) atoms. The van der Waals surface area contributed by atoms with Crippen molar-refractivity contribution in [1.29, 1.82) is 0 Å². The lowest BCUT2D eigenvalue weighted by molar-refractivity contribution is -0.118. The van der Waals surface area contributed by atoms with E-state index in [2.05, 4.69) is 5.32 Å². The number of benzene rings is 3. The van der Waals surface area contributed by atoms with Crippen LogP contribution in [0.15, 0.2) is 48.5 Å². The summed E-state index contributed by atoms with van der Waals surface area (Å²) >= 11 is 7.01. The van der Waals surface area contributed by atoms with E-state index < -0.39 is 23.4 Å². The van der Waals surface area contributed by atoms with Gasteiger partial charge >= 0.3 is 5.97 Å². The van der Waals surface area contributed by atoms with Crippen molar-refractivity contribution in [3.63, 3.8) is 0 Å². The summed E-state index contributed by atoms with van der Waals surface area (Å²) in [5.74, 6) is -0.244. The van der Waals surface area contributed by atoms with Crippen molar-refractivity contribution in [1.82, 2.24) is 5.32 Å². The number of thioether (sulfide) groups is 1. The molecule has 0 aromatic heterocycles. The van der Waals surface area contributed by atoms with Crippen molar-refractivity contribution in [3.05, 3.63) is 75.8 Å². The molecule has 3 atom stereocenters. The molecular weight excluding hydrogens is 598 g/mol. The van der Waals surface area contributed by atoms with Gasteiger partial charge in [-0.2, -0.15) is 0 Å². The molecule has 12 heteroatoms. The highest BCUT2D eigenvalue weighted by molar-refractivity contribution is 8.15. The summed E-state index contributed by atoms with van der Waals surface area (Å²) in [6.07, 6.45) is -0.797. The Hall–Kier alpha value is -4.22. The first-order valence-electron chi connectivity index (χ1n) is 13.3. The fourth-order valence-corrected chi connectivity index (χ4v) is 6.01. The van der Waals surface area contributed by atoms with Gasteiger partial charge in [-0.15, -0.1) is 0 Å². The van der Waals surface area contributed by atoms with Crippen LogP contribution in [0.3, 0.4) is 0 Å². The largest absolute Gasteiger partial charge is 0.490 e. The Bertz CT molecular complexity index is 1610. The number of rotatable bonds is 9. The number of carbonyl (C=O) groups is 4. The molecule has 0 bridgehead atoms. The van der Waals surface area contributed by atoms with Crippen molar-refractivity contribution in [2.45, 2.75) is 44.1 Å². The first-order valence-corrected chi connectivity index (χ1v) is 14.6. The molecule has 1 N–H and O–H groups in total. The number of nitrogens with one attached hydrogen (secondary N) is 1. The molecule has 3 aromatic rings. The van der Waals surface area contributed by atoms with Gasteiger partial charge < -0.3 is 23.7 Å². The van der Waals surface area contributed by atoms with Gasteiger partial charge in [0.1, 0.15) is 18.0 Å². The molecule has 2 aliphatic rings. The number of amides is 2. The van der Waals surface area contributed by atoms with Gasteiger partial charge in [-0.3, -0.25) is 19.7 Å².